The van der Waals surface area contributed by atoms with Crippen LogP contribution in [0.3, 0.4) is 0 Å². The van der Waals surface area contributed by atoms with Crippen molar-refractivity contribution < 1.29 is 19.0 Å². The number of amides is 1. The molecule has 0 saturated heterocycles. The summed E-state index contributed by atoms with van der Waals surface area (Å²) in [5.74, 6) is 0.227. The van der Waals surface area contributed by atoms with Crippen LogP contribution in [0.5, 0.6) is 5.75 Å². The van der Waals surface area contributed by atoms with Gasteiger partial charge in [0.05, 0.1) is 6.61 Å². The van der Waals surface area contributed by atoms with Gasteiger partial charge in [-0.3, -0.25) is 4.79 Å². The van der Waals surface area contributed by atoms with Crippen LogP contribution < -0.4 is 10.1 Å². The highest BCUT2D eigenvalue weighted by atomic mass is 19.1. The van der Waals surface area contributed by atoms with Crippen LogP contribution in [0.2, 0.25) is 0 Å². The highest BCUT2D eigenvalue weighted by Gasteiger charge is 2.17. The molecule has 1 aromatic rings. The third-order valence-corrected chi connectivity index (χ3v) is 2.82. The molecule has 2 N–H and O–H groups in total. The van der Waals surface area contributed by atoms with Crippen LogP contribution in [-0.2, 0) is 4.79 Å². The Balaban J connectivity index is 2.14. The van der Waals surface area contributed by atoms with Gasteiger partial charge in [-0.1, -0.05) is 13.8 Å². The number of rotatable bonds is 8. The molecule has 0 saturated carbocycles. The second-order valence-corrected chi connectivity index (χ2v) is 5.50. The summed E-state index contributed by atoms with van der Waals surface area (Å²) in [4.78, 5) is 11.6. The fourth-order valence-electron chi connectivity index (χ4n) is 1.44. The van der Waals surface area contributed by atoms with Crippen LogP contribution >= 0.6 is 0 Å². The number of carbonyl (C=O) groups excluding carboxylic acids is 1. The number of aliphatic hydroxyl groups is 1. The van der Waals surface area contributed by atoms with Crippen LogP contribution in [0.15, 0.2) is 24.3 Å². The van der Waals surface area contributed by atoms with Crippen molar-refractivity contribution in [2.24, 2.45) is 5.41 Å². The van der Waals surface area contributed by atoms with Gasteiger partial charge in [0.2, 0.25) is 5.91 Å². The average molecular weight is 283 g/mol. The summed E-state index contributed by atoms with van der Waals surface area (Å²) in [7, 11) is 0. The fraction of sp³-hybridized carbons (Fsp3) is 0.533. The van der Waals surface area contributed by atoms with Gasteiger partial charge in [-0.15, -0.1) is 0 Å². The van der Waals surface area contributed by atoms with Crippen LogP contribution in [0.1, 0.15) is 26.7 Å². The molecule has 1 aromatic carbocycles. The first-order chi connectivity index (χ1) is 9.43. The van der Waals surface area contributed by atoms with Crippen molar-refractivity contribution in [3.05, 3.63) is 30.1 Å². The van der Waals surface area contributed by atoms with E-state index in [-0.39, 0.29) is 23.7 Å². The van der Waals surface area contributed by atoms with Crippen molar-refractivity contribution in [2.75, 3.05) is 19.8 Å². The monoisotopic (exact) mass is 283 g/mol. The standard InChI is InChI=1S/C15H22FNO3/c1-15(2,11-18)10-17-14(19)4-3-9-20-13-7-5-12(16)6-8-13/h5-8,18H,3-4,9-11H2,1-2H3,(H,17,19). The Morgan fingerprint density at radius 1 is 1.35 bits per heavy atom. The van der Waals surface area contributed by atoms with Crippen LogP contribution in [-0.4, -0.2) is 30.8 Å². The minimum absolute atomic E-state index is 0.0287. The molecule has 0 spiro atoms. The maximum atomic E-state index is 12.7. The Hall–Kier alpha value is -1.62. The number of hydrogen-bond acceptors (Lipinski definition) is 3. The predicted molar refractivity (Wildman–Crippen MR) is 75.0 cm³/mol. The summed E-state index contributed by atoms with van der Waals surface area (Å²) in [5.41, 5.74) is -0.305. The number of benzene rings is 1. The van der Waals surface area contributed by atoms with Crippen molar-refractivity contribution in [3.63, 3.8) is 0 Å². The van der Waals surface area contributed by atoms with Gasteiger partial charge >= 0.3 is 0 Å². The van der Waals surface area contributed by atoms with Gasteiger partial charge in [-0.05, 0) is 30.7 Å². The highest BCUT2D eigenvalue weighted by molar-refractivity contribution is 5.75. The minimum atomic E-state index is -0.305. The molecule has 0 heterocycles. The number of ether oxygens (including phenoxy) is 1. The Kier molecular flexibility index (Phi) is 6.45. The molecule has 0 unspecified atom stereocenters. The third-order valence-electron chi connectivity index (χ3n) is 2.82. The molecule has 0 bridgehead atoms. The zero-order valence-corrected chi connectivity index (χ0v) is 12.0. The largest absolute Gasteiger partial charge is 0.494 e. The molecule has 1 amide bonds. The van der Waals surface area contributed by atoms with Crippen LogP contribution in [0.4, 0.5) is 4.39 Å². The zero-order chi connectivity index (χ0) is 15.0. The quantitative estimate of drug-likeness (QED) is 0.718. The normalized spacial score (nSPS) is 11.2. The molecule has 0 aliphatic rings. The Labute approximate surface area is 119 Å². The van der Waals surface area contributed by atoms with Crippen molar-refractivity contribution in [1.82, 2.24) is 5.32 Å². The van der Waals surface area contributed by atoms with E-state index in [0.717, 1.165) is 0 Å². The second-order valence-electron chi connectivity index (χ2n) is 5.50. The summed E-state index contributed by atoms with van der Waals surface area (Å²) >= 11 is 0. The summed E-state index contributed by atoms with van der Waals surface area (Å²) in [5, 5.41) is 11.8. The second kappa shape index (κ2) is 7.85. The molecule has 5 heteroatoms. The zero-order valence-electron chi connectivity index (χ0n) is 12.0. The maximum Gasteiger partial charge on any atom is 0.220 e. The molecule has 0 aromatic heterocycles. The Morgan fingerprint density at radius 3 is 2.60 bits per heavy atom. The first-order valence-electron chi connectivity index (χ1n) is 6.69. The Bertz CT molecular complexity index is 418. The number of aliphatic hydroxyl groups excluding tert-OH is 1. The highest BCUT2D eigenvalue weighted by Crippen LogP contribution is 2.12. The number of hydrogen-bond donors (Lipinski definition) is 2. The van der Waals surface area contributed by atoms with Gasteiger partial charge in [-0.2, -0.15) is 0 Å². The van der Waals surface area contributed by atoms with Crippen molar-refractivity contribution in [2.45, 2.75) is 26.7 Å². The summed E-state index contributed by atoms with van der Waals surface area (Å²) < 4.78 is 18.1. The van der Waals surface area contributed by atoms with E-state index >= 15 is 0 Å². The smallest absolute Gasteiger partial charge is 0.220 e. The van der Waals surface area contributed by atoms with Crippen LogP contribution in [0, 0.1) is 11.2 Å². The summed E-state index contributed by atoms with van der Waals surface area (Å²) in [6.45, 7) is 4.64. The fourth-order valence-corrected chi connectivity index (χ4v) is 1.44. The molecule has 0 fully saturated rings. The lowest BCUT2D eigenvalue weighted by molar-refractivity contribution is -0.121. The predicted octanol–water partition coefficient (Wildman–Crippen LogP) is 2.12. The van der Waals surface area contributed by atoms with E-state index in [1.54, 1.807) is 12.1 Å². The van der Waals surface area contributed by atoms with E-state index in [1.807, 2.05) is 13.8 Å². The number of halogens is 1. The van der Waals surface area contributed by atoms with Gasteiger partial charge < -0.3 is 15.2 Å². The van der Waals surface area contributed by atoms with Gasteiger partial charge in [0.1, 0.15) is 11.6 Å². The van der Waals surface area contributed by atoms with E-state index in [9.17, 15) is 9.18 Å². The molecule has 1 rings (SSSR count). The average Bonchev–Trinajstić information content (AvgIpc) is 2.43. The molecular formula is C15H22FNO3. The van der Waals surface area contributed by atoms with Gasteiger partial charge in [0, 0.05) is 25.0 Å². The minimum Gasteiger partial charge on any atom is -0.494 e. The lowest BCUT2D eigenvalue weighted by Gasteiger charge is -2.21. The topological polar surface area (TPSA) is 58.6 Å². The van der Waals surface area contributed by atoms with Gasteiger partial charge in [0.15, 0.2) is 0 Å². The van der Waals surface area contributed by atoms with E-state index in [1.165, 1.54) is 12.1 Å². The van der Waals surface area contributed by atoms with Gasteiger partial charge in [-0.25, -0.2) is 4.39 Å². The molecule has 0 atom stereocenters. The van der Waals surface area contributed by atoms with Crippen molar-refractivity contribution in [1.29, 1.82) is 0 Å². The van der Waals surface area contributed by atoms with E-state index in [0.29, 0.717) is 31.7 Å². The Morgan fingerprint density at radius 2 is 2.00 bits per heavy atom. The van der Waals surface area contributed by atoms with E-state index < -0.39 is 0 Å². The van der Waals surface area contributed by atoms with Gasteiger partial charge in [0.25, 0.3) is 0 Å². The maximum absolute atomic E-state index is 12.7. The first-order valence-corrected chi connectivity index (χ1v) is 6.69. The summed E-state index contributed by atoms with van der Waals surface area (Å²) in [6.07, 6.45) is 0.950. The number of nitrogens with one attached hydrogen (secondary N) is 1. The lowest BCUT2D eigenvalue weighted by atomic mass is 9.95. The van der Waals surface area contributed by atoms with Crippen LogP contribution in [0.25, 0.3) is 0 Å². The first kappa shape index (κ1) is 16.4. The van der Waals surface area contributed by atoms with Crippen molar-refractivity contribution in [3.8, 4) is 5.75 Å². The van der Waals surface area contributed by atoms with Crippen molar-refractivity contribution >= 4 is 5.91 Å². The molecular weight excluding hydrogens is 261 g/mol. The molecule has 0 aliphatic carbocycles. The lowest BCUT2D eigenvalue weighted by Crippen LogP contribution is -2.36. The molecule has 20 heavy (non-hydrogen) atoms. The molecule has 0 radical (unpaired) electrons. The molecule has 0 aliphatic heterocycles. The molecule has 112 valence electrons. The SMILES string of the molecule is CC(C)(CO)CNC(=O)CCCOc1ccc(F)cc1. The van der Waals surface area contributed by atoms with E-state index in [4.69, 9.17) is 9.84 Å². The number of carbonyl (C=O) groups is 1. The summed E-state index contributed by atoms with van der Waals surface area (Å²) in [6, 6.07) is 5.77. The molecule has 4 nitrogen and oxygen atoms in total. The van der Waals surface area contributed by atoms with E-state index in [2.05, 4.69) is 5.32 Å². The third kappa shape index (κ3) is 6.52.